The molecule has 1 aromatic carbocycles. The third kappa shape index (κ3) is 2.63. The van der Waals surface area contributed by atoms with Gasteiger partial charge in [-0.05, 0) is 30.7 Å². The second kappa shape index (κ2) is 5.51. The Bertz CT molecular complexity index is 423. The third-order valence-corrected chi connectivity index (χ3v) is 4.73. The van der Waals surface area contributed by atoms with Crippen molar-refractivity contribution in [3.8, 4) is 5.75 Å². The molecular formula is C16H23NO2. The molecule has 19 heavy (non-hydrogen) atoms. The molecule has 3 unspecified atom stereocenters. The van der Waals surface area contributed by atoms with Crippen LogP contribution in [0, 0.1) is 11.8 Å². The quantitative estimate of drug-likeness (QED) is 0.903. The van der Waals surface area contributed by atoms with E-state index >= 15 is 0 Å². The second-order valence-corrected chi connectivity index (χ2v) is 5.93. The fourth-order valence-corrected chi connectivity index (χ4v) is 3.77. The number of hydrogen-bond acceptors (Lipinski definition) is 3. The van der Waals surface area contributed by atoms with Gasteiger partial charge in [-0.2, -0.15) is 0 Å². The zero-order valence-corrected chi connectivity index (χ0v) is 11.6. The van der Waals surface area contributed by atoms with E-state index < -0.39 is 6.10 Å². The van der Waals surface area contributed by atoms with Gasteiger partial charge in [0.15, 0.2) is 0 Å². The summed E-state index contributed by atoms with van der Waals surface area (Å²) in [6.45, 7) is 3.06. The van der Waals surface area contributed by atoms with Crippen LogP contribution >= 0.6 is 0 Å². The van der Waals surface area contributed by atoms with E-state index in [1.807, 2.05) is 24.3 Å². The van der Waals surface area contributed by atoms with Crippen LogP contribution in [0.3, 0.4) is 0 Å². The van der Waals surface area contributed by atoms with Crippen LogP contribution in [0.5, 0.6) is 5.75 Å². The maximum absolute atomic E-state index is 10.4. The van der Waals surface area contributed by atoms with E-state index in [-0.39, 0.29) is 0 Å². The minimum atomic E-state index is -0.449. The molecule has 1 aliphatic carbocycles. The highest BCUT2D eigenvalue weighted by molar-refractivity contribution is 5.35. The minimum Gasteiger partial charge on any atom is -0.496 e. The Labute approximate surface area is 115 Å². The molecule has 2 aliphatic rings. The molecule has 0 bridgehead atoms. The summed E-state index contributed by atoms with van der Waals surface area (Å²) in [7, 11) is 1.66. The Balaban J connectivity index is 1.63. The average molecular weight is 261 g/mol. The first-order valence-corrected chi connectivity index (χ1v) is 7.31. The van der Waals surface area contributed by atoms with Gasteiger partial charge in [0.25, 0.3) is 0 Å². The normalized spacial score (nSPS) is 28.3. The molecule has 3 nitrogen and oxygen atoms in total. The molecule has 2 fully saturated rings. The number of aliphatic hydroxyl groups excluding tert-OH is 1. The highest BCUT2D eigenvalue weighted by Gasteiger charge is 2.36. The van der Waals surface area contributed by atoms with Crippen LogP contribution < -0.4 is 4.74 Å². The van der Waals surface area contributed by atoms with Gasteiger partial charge in [0.2, 0.25) is 0 Å². The lowest BCUT2D eigenvalue weighted by atomic mass is 10.0. The summed E-state index contributed by atoms with van der Waals surface area (Å²) < 4.78 is 5.33. The molecule has 1 saturated carbocycles. The molecular weight excluding hydrogens is 238 g/mol. The van der Waals surface area contributed by atoms with E-state index in [1.165, 1.54) is 19.3 Å². The number of rotatable bonds is 4. The zero-order valence-electron chi connectivity index (χ0n) is 11.6. The van der Waals surface area contributed by atoms with Crippen LogP contribution in [0.15, 0.2) is 24.3 Å². The van der Waals surface area contributed by atoms with Crippen molar-refractivity contribution in [1.82, 2.24) is 4.90 Å². The summed E-state index contributed by atoms with van der Waals surface area (Å²) >= 11 is 0. The van der Waals surface area contributed by atoms with Gasteiger partial charge < -0.3 is 9.84 Å². The number of ether oxygens (including phenoxy) is 1. The first-order valence-electron chi connectivity index (χ1n) is 7.31. The van der Waals surface area contributed by atoms with Gasteiger partial charge in [-0.15, -0.1) is 0 Å². The van der Waals surface area contributed by atoms with E-state index in [1.54, 1.807) is 7.11 Å². The van der Waals surface area contributed by atoms with E-state index in [0.29, 0.717) is 0 Å². The molecule has 1 N–H and O–H groups in total. The lowest BCUT2D eigenvalue weighted by molar-refractivity contribution is 0.119. The molecule has 1 aromatic rings. The SMILES string of the molecule is COc1ccccc1C(O)CN1CC2CCCC2C1. The third-order valence-electron chi connectivity index (χ3n) is 4.73. The first kappa shape index (κ1) is 12.9. The molecule has 3 atom stereocenters. The maximum atomic E-state index is 10.4. The van der Waals surface area contributed by atoms with Crippen molar-refractivity contribution in [3.63, 3.8) is 0 Å². The summed E-state index contributed by atoms with van der Waals surface area (Å²) in [4.78, 5) is 2.42. The largest absolute Gasteiger partial charge is 0.496 e. The molecule has 1 saturated heterocycles. The molecule has 3 heteroatoms. The van der Waals surface area contributed by atoms with E-state index in [2.05, 4.69) is 4.90 Å². The predicted octanol–water partition coefficient (Wildman–Crippen LogP) is 2.46. The summed E-state index contributed by atoms with van der Waals surface area (Å²) in [6, 6.07) is 7.77. The Morgan fingerprint density at radius 3 is 2.63 bits per heavy atom. The Morgan fingerprint density at radius 1 is 1.26 bits per heavy atom. The van der Waals surface area contributed by atoms with Gasteiger partial charge in [0.05, 0.1) is 13.2 Å². The van der Waals surface area contributed by atoms with Crippen molar-refractivity contribution < 1.29 is 9.84 Å². The second-order valence-electron chi connectivity index (χ2n) is 5.93. The van der Waals surface area contributed by atoms with Crippen LogP contribution in [-0.2, 0) is 0 Å². The van der Waals surface area contributed by atoms with Crippen molar-refractivity contribution in [1.29, 1.82) is 0 Å². The summed E-state index contributed by atoms with van der Waals surface area (Å²) in [5, 5.41) is 10.4. The van der Waals surface area contributed by atoms with Crippen molar-refractivity contribution in [2.75, 3.05) is 26.7 Å². The van der Waals surface area contributed by atoms with Crippen LogP contribution in [0.25, 0.3) is 0 Å². The highest BCUT2D eigenvalue weighted by atomic mass is 16.5. The summed E-state index contributed by atoms with van der Waals surface area (Å²) in [5.74, 6) is 2.55. The number of hydrogen-bond donors (Lipinski definition) is 1. The summed E-state index contributed by atoms with van der Waals surface area (Å²) in [5.41, 5.74) is 0.905. The van der Waals surface area contributed by atoms with Gasteiger partial charge in [-0.25, -0.2) is 0 Å². The lowest BCUT2D eigenvalue weighted by Gasteiger charge is -2.22. The fourth-order valence-electron chi connectivity index (χ4n) is 3.77. The monoisotopic (exact) mass is 261 g/mol. The van der Waals surface area contributed by atoms with Gasteiger partial charge in [0.1, 0.15) is 5.75 Å². The molecule has 0 amide bonds. The number of likely N-dealkylation sites (tertiary alicyclic amines) is 1. The van der Waals surface area contributed by atoms with E-state index in [4.69, 9.17) is 4.74 Å². The number of methoxy groups -OCH3 is 1. The van der Waals surface area contributed by atoms with Crippen LogP contribution in [-0.4, -0.2) is 36.8 Å². The van der Waals surface area contributed by atoms with Crippen LogP contribution in [0.2, 0.25) is 0 Å². The predicted molar refractivity (Wildman–Crippen MR) is 75.2 cm³/mol. The highest BCUT2D eigenvalue weighted by Crippen LogP contribution is 2.38. The van der Waals surface area contributed by atoms with Crippen LogP contribution in [0.4, 0.5) is 0 Å². The van der Waals surface area contributed by atoms with Crippen LogP contribution in [0.1, 0.15) is 30.9 Å². The van der Waals surface area contributed by atoms with Gasteiger partial charge in [-0.3, -0.25) is 4.90 Å². The standard InChI is InChI=1S/C16H23NO2/c1-19-16-8-3-2-7-14(16)15(18)11-17-9-12-5-4-6-13(12)10-17/h2-3,7-8,12-13,15,18H,4-6,9-11H2,1H3. The van der Waals surface area contributed by atoms with Crippen molar-refractivity contribution in [3.05, 3.63) is 29.8 Å². The van der Waals surface area contributed by atoms with Gasteiger partial charge in [-0.1, -0.05) is 24.6 Å². The Hall–Kier alpha value is -1.06. The van der Waals surface area contributed by atoms with E-state index in [9.17, 15) is 5.11 Å². The molecule has 104 valence electrons. The average Bonchev–Trinajstić information content (AvgIpc) is 2.99. The smallest absolute Gasteiger partial charge is 0.124 e. The number of nitrogens with zero attached hydrogens (tertiary/aromatic N) is 1. The molecule has 0 radical (unpaired) electrons. The zero-order chi connectivity index (χ0) is 13.2. The van der Waals surface area contributed by atoms with Crippen molar-refractivity contribution in [2.24, 2.45) is 11.8 Å². The topological polar surface area (TPSA) is 32.7 Å². The van der Waals surface area contributed by atoms with Gasteiger partial charge in [0, 0.05) is 25.2 Å². The molecule has 0 aromatic heterocycles. The molecule has 1 heterocycles. The lowest BCUT2D eigenvalue weighted by Crippen LogP contribution is -2.27. The number of para-hydroxylation sites is 1. The molecule has 0 spiro atoms. The Morgan fingerprint density at radius 2 is 1.95 bits per heavy atom. The van der Waals surface area contributed by atoms with Crippen molar-refractivity contribution in [2.45, 2.75) is 25.4 Å². The van der Waals surface area contributed by atoms with Gasteiger partial charge >= 0.3 is 0 Å². The number of β-amino-alcohol motifs (C(OH)–C–C–N with tert-alkyl or cyclic N) is 1. The van der Waals surface area contributed by atoms with E-state index in [0.717, 1.165) is 42.8 Å². The summed E-state index contributed by atoms with van der Waals surface area (Å²) in [6.07, 6.45) is 3.71. The number of aliphatic hydroxyl groups is 1. The number of fused-ring (bicyclic) bond motifs is 1. The first-order chi connectivity index (χ1) is 9.28. The minimum absolute atomic E-state index is 0.449. The maximum Gasteiger partial charge on any atom is 0.124 e. The molecule has 1 aliphatic heterocycles. The number of benzene rings is 1. The fraction of sp³-hybridized carbons (Fsp3) is 0.625. The van der Waals surface area contributed by atoms with Crippen molar-refractivity contribution >= 4 is 0 Å². The molecule has 3 rings (SSSR count). The Kier molecular flexibility index (Phi) is 3.76.